The van der Waals surface area contributed by atoms with Crippen LogP contribution < -0.4 is 0 Å². The van der Waals surface area contributed by atoms with E-state index in [4.69, 9.17) is 0 Å². The summed E-state index contributed by atoms with van der Waals surface area (Å²) in [5, 5.41) is 13.1. The molecule has 0 spiro atoms. The Morgan fingerprint density at radius 3 is 2.72 bits per heavy atom. The maximum Gasteiger partial charge on any atom is 0.244 e. The zero-order chi connectivity index (χ0) is 17.4. The number of benzene rings is 1. The summed E-state index contributed by atoms with van der Waals surface area (Å²) in [4.78, 5) is 8.32. The Morgan fingerprint density at radius 2 is 1.92 bits per heavy atom. The highest BCUT2D eigenvalue weighted by atomic mass is 32.2. The van der Waals surface area contributed by atoms with E-state index in [9.17, 15) is 8.42 Å². The molecule has 2 N–H and O–H groups in total. The molecule has 25 heavy (non-hydrogen) atoms. The Bertz CT molecular complexity index is 1020. The molecule has 1 aliphatic carbocycles. The van der Waals surface area contributed by atoms with Gasteiger partial charge in [0.25, 0.3) is 0 Å². The number of aryl methyl sites for hydroxylation is 3. The molecule has 0 saturated heterocycles. The quantitative estimate of drug-likeness (QED) is 0.715. The third-order valence-corrected chi connectivity index (χ3v) is 5.76. The Labute approximate surface area is 145 Å². The molecule has 1 aliphatic rings. The fourth-order valence-corrected chi connectivity index (χ4v) is 4.07. The number of fused-ring (bicyclic) bond motifs is 1. The molecule has 0 radical (unpaired) electrons. The molecule has 2 heterocycles. The number of nitrogens with zero attached hydrogens (tertiary/aromatic N) is 4. The highest BCUT2D eigenvalue weighted by molar-refractivity contribution is 7.90. The molecule has 0 unspecified atom stereocenters. The maximum absolute atomic E-state index is 12.5. The van der Waals surface area contributed by atoms with Gasteiger partial charge in [-0.3, -0.25) is 5.10 Å². The number of nitrogens with one attached hydrogen (secondary N) is 2. The van der Waals surface area contributed by atoms with Crippen molar-refractivity contribution >= 4 is 9.84 Å². The van der Waals surface area contributed by atoms with Gasteiger partial charge in [-0.1, -0.05) is 19.1 Å². The molecule has 8 nitrogen and oxygen atoms in total. The molecule has 0 bridgehead atoms. The third kappa shape index (κ3) is 3.07. The van der Waals surface area contributed by atoms with Crippen molar-refractivity contribution in [2.75, 3.05) is 0 Å². The number of H-pyrrole nitrogens is 2. The number of sulfone groups is 1. The van der Waals surface area contributed by atoms with Gasteiger partial charge in [0.15, 0.2) is 5.82 Å². The zero-order valence-electron chi connectivity index (χ0n) is 13.8. The molecule has 0 aliphatic heterocycles. The molecule has 1 aromatic carbocycles. The van der Waals surface area contributed by atoms with Crippen LogP contribution >= 0.6 is 0 Å². The van der Waals surface area contributed by atoms with Crippen LogP contribution in [-0.4, -0.2) is 38.8 Å². The SMILES string of the molecule is CCc1n[nH]c(CS(=O)(=O)c2nc(-c3ccc4c(c3)CCC4)n[nH]2)n1. The van der Waals surface area contributed by atoms with E-state index in [-0.39, 0.29) is 10.9 Å². The lowest BCUT2D eigenvalue weighted by atomic mass is 10.1. The van der Waals surface area contributed by atoms with Gasteiger partial charge in [-0.25, -0.2) is 18.5 Å². The van der Waals surface area contributed by atoms with Gasteiger partial charge in [0.2, 0.25) is 15.0 Å². The predicted octanol–water partition coefficient (Wildman–Crippen LogP) is 1.61. The van der Waals surface area contributed by atoms with E-state index in [0.29, 0.717) is 23.9 Å². The second-order valence-electron chi connectivity index (χ2n) is 6.11. The van der Waals surface area contributed by atoms with Gasteiger partial charge in [-0.05, 0) is 36.5 Å². The van der Waals surface area contributed by atoms with Crippen molar-refractivity contribution in [3.63, 3.8) is 0 Å². The first kappa shape index (κ1) is 15.9. The fourth-order valence-electron chi connectivity index (χ4n) is 3.03. The van der Waals surface area contributed by atoms with Crippen molar-refractivity contribution in [2.45, 2.75) is 43.5 Å². The lowest BCUT2D eigenvalue weighted by Crippen LogP contribution is -2.08. The lowest BCUT2D eigenvalue weighted by molar-refractivity contribution is 0.585. The van der Waals surface area contributed by atoms with Crippen molar-refractivity contribution < 1.29 is 8.42 Å². The van der Waals surface area contributed by atoms with Crippen LogP contribution in [-0.2, 0) is 34.9 Å². The van der Waals surface area contributed by atoms with E-state index in [1.54, 1.807) is 0 Å². The van der Waals surface area contributed by atoms with Crippen molar-refractivity contribution in [3.8, 4) is 11.4 Å². The van der Waals surface area contributed by atoms with E-state index < -0.39 is 9.84 Å². The molecule has 130 valence electrons. The van der Waals surface area contributed by atoms with Crippen LogP contribution in [0.15, 0.2) is 23.4 Å². The average molecular weight is 358 g/mol. The van der Waals surface area contributed by atoms with Crippen molar-refractivity contribution in [3.05, 3.63) is 41.0 Å². The van der Waals surface area contributed by atoms with E-state index in [0.717, 1.165) is 24.8 Å². The van der Waals surface area contributed by atoms with Crippen LogP contribution in [0.25, 0.3) is 11.4 Å². The summed E-state index contributed by atoms with van der Waals surface area (Å²) in [7, 11) is -3.67. The van der Waals surface area contributed by atoms with Gasteiger partial charge in [-0.15, -0.1) is 0 Å². The smallest absolute Gasteiger partial charge is 0.244 e. The first-order valence-electron chi connectivity index (χ1n) is 8.22. The summed E-state index contributed by atoms with van der Waals surface area (Å²) in [5.41, 5.74) is 3.47. The monoisotopic (exact) mass is 358 g/mol. The predicted molar refractivity (Wildman–Crippen MR) is 90.5 cm³/mol. The summed E-state index contributed by atoms with van der Waals surface area (Å²) < 4.78 is 25.0. The van der Waals surface area contributed by atoms with E-state index in [2.05, 4.69) is 36.4 Å². The first-order valence-corrected chi connectivity index (χ1v) is 9.88. The number of hydrogen-bond acceptors (Lipinski definition) is 6. The van der Waals surface area contributed by atoms with Crippen molar-refractivity contribution in [1.82, 2.24) is 30.4 Å². The van der Waals surface area contributed by atoms with Gasteiger partial charge >= 0.3 is 0 Å². The van der Waals surface area contributed by atoms with Crippen LogP contribution in [0.3, 0.4) is 0 Å². The minimum Gasteiger partial charge on any atom is -0.262 e. The van der Waals surface area contributed by atoms with E-state index in [1.807, 2.05) is 19.1 Å². The standard InChI is InChI=1S/C16H18N6O2S/c1-2-13-17-14(20-19-13)9-25(23,24)16-18-15(21-22-16)12-7-6-10-4-3-5-11(10)8-12/h6-8H,2-5,9H2,1H3,(H,17,19,20)(H,18,21,22). The molecule has 9 heteroatoms. The average Bonchev–Trinajstić information content (AvgIpc) is 3.33. The summed E-state index contributed by atoms with van der Waals surface area (Å²) in [6.45, 7) is 1.90. The normalized spacial score (nSPS) is 14.0. The number of aromatic amines is 2. The van der Waals surface area contributed by atoms with Crippen molar-refractivity contribution in [2.24, 2.45) is 0 Å². The molecule has 2 aromatic heterocycles. The Hall–Kier alpha value is -2.55. The number of hydrogen-bond donors (Lipinski definition) is 2. The van der Waals surface area contributed by atoms with Gasteiger partial charge in [0.05, 0.1) is 0 Å². The van der Waals surface area contributed by atoms with Crippen LogP contribution in [0.2, 0.25) is 0 Å². The molecule has 0 fully saturated rings. The highest BCUT2D eigenvalue weighted by Crippen LogP contribution is 2.27. The topological polar surface area (TPSA) is 117 Å². The van der Waals surface area contributed by atoms with Gasteiger partial charge in [0.1, 0.15) is 17.4 Å². The molecule has 0 saturated carbocycles. The van der Waals surface area contributed by atoms with Gasteiger partial charge in [0, 0.05) is 12.0 Å². The fraction of sp³-hybridized carbons (Fsp3) is 0.375. The maximum atomic E-state index is 12.5. The number of rotatable bonds is 5. The Morgan fingerprint density at radius 1 is 1.08 bits per heavy atom. The van der Waals surface area contributed by atoms with Crippen LogP contribution in [0.5, 0.6) is 0 Å². The third-order valence-electron chi connectivity index (χ3n) is 4.34. The molecular weight excluding hydrogens is 340 g/mol. The van der Waals surface area contributed by atoms with Gasteiger partial charge in [-0.2, -0.15) is 15.2 Å². The zero-order valence-corrected chi connectivity index (χ0v) is 14.6. The second kappa shape index (κ2) is 6.07. The van der Waals surface area contributed by atoms with Crippen LogP contribution in [0.1, 0.15) is 36.1 Å². The summed E-state index contributed by atoms with van der Waals surface area (Å²) in [5.74, 6) is 0.979. The van der Waals surface area contributed by atoms with Crippen molar-refractivity contribution in [1.29, 1.82) is 0 Å². The second-order valence-corrected chi connectivity index (χ2v) is 8.02. The Kier molecular flexibility index (Phi) is 3.87. The largest absolute Gasteiger partial charge is 0.262 e. The van der Waals surface area contributed by atoms with Crippen LogP contribution in [0, 0.1) is 0 Å². The summed E-state index contributed by atoms with van der Waals surface area (Å²) in [6.07, 6.45) is 3.94. The molecular formula is C16H18N6O2S. The van der Waals surface area contributed by atoms with Crippen LogP contribution in [0.4, 0.5) is 0 Å². The highest BCUT2D eigenvalue weighted by Gasteiger charge is 2.23. The lowest BCUT2D eigenvalue weighted by Gasteiger charge is -2.01. The molecule has 4 rings (SSSR count). The van der Waals surface area contributed by atoms with Gasteiger partial charge < -0.3 is 0 Å². The Balaban J connectivity index is 1.59. The van der Waals surface area contributed by atoms with E-state index in [1.165, 1.54) is 11.1 Å². The molecule has 3 aromatic rings. The summed E-state index contributed by atoms with van der Waals surface area (Å²) in [6, 6.07) is 6.06. The summed E-state index contributed by atoms with van der Waals surface area (Å²) >= 11 is 0. The van der Waals surface area contributed by atoms with E-state index >= 15 is 0 Å². The minimum absolute atomic E-state index is 0.155. The molecule has 0 atom stereocenters. The minimum atomic E-state index is -3.67. The first-order chi connectivity index (χ1) is 12.0. The molecule has 0 amide bonds. The number of aromatic nitrogens is 6.